The average molecular weight is 312 g/mol. The van der Waals surface area contributed by atoms with Gasteiger partial charge in [0, 0.05) is 31.5 Å². The van der Waals surface area contributed by atoms with E-state index in [1.165, 1.54) is 15.3 Å². The first kappa shape index (κ1) is 14.8. The van der Waals surface area contributed by atoms with Gasteiger partial charge < -0.3 is 9.67 Å². The Hall–Kier alpha value is -3.09. The lowest BCUT2D eigenvalue weighted by Gasteiger charge is -2.07. The summed E-state index contributed by atoms with van der Waals surface area (Å²) in [6.45, 7) is 1.86. The number of hydrogen-bond donors (Lipinski definition) is 1. The van der Waals surface area contributed by atoms with Crippen molar-refractivity contribution in [2.24, 2.45) is 14.1 Å². The van der Waals surface area contributed by atoms with Gasteiger partial charge in [-0.2, -0.15) is 5.10 Å². The highest BCUT2D eigenvalue weighted by molar-refractivity contribution is 5.87. The van der Waals surface area contributed by atoms with Gasteiger partial charge in [0.15, 0.2) is 5.69 Å². The number of aromatic nitrogens is 4. The zero-order valence-corrected chi connectivity index (χ0v) is 13.0. The predicted molar refractivity (Wildman–Crippen MR) is 84.9 cm³/mol. The van der Waals surface area contributed by atoms with E-state index in [4.69, 9.17) is 5.11 Å². The third-order valence-corrected chi connectivity index (χ3v) is 3.73. The van der Waals surface area contributed by atoms with E-state index < -0.39 is 5.97 Å². The van der Waals surface area contributed by atoms with E-state index in [0.717, 1.165) is 16.9 Å². The lowest BCUT2D eigenvalue weighted by atomic mass is 10.1. The standard InChI is InChI=1S/C16H16N4O3/c1-10-9-18(2)16(23)20(10)12-6-4-5-11(7-12)14-8-13(15(21)22)17-19(14)3/h4-9H,1-3H3,(H,21,22). The summed E-state index contributed by atoms with van der Waals surface area (Å²) < 4.78 is 4.65. The van der Waals surface area contributed by atoms with Crippen LogP contribution in [0.25, 0.3) is 16.9 Å². The summed E-state index contributed by atoms with van der Waals surface area (Å²) in [5.41, 5.74) is 2.87. The fourth-order valence-corrected chi connectivity index (χ4v) is 2.66. The van der Waals surface area contributed by atoms with Crippen LogP contribution in [0.5, 0.6) is 0 Å². The van der Waals surface area contributed by atoms with Crippen LogP contribution >= 0.6 is 0 Å². The molecule has 0 bridgehead atoms. The highest BCUT2D eigenvalue weighted by atomic mass is 16.4. The normalized spacial score (nSPS) is 10.9. The topological polar surface area (TPSA) is 82.1 Å². The molecule has 0 fully saturated rings. The molecular formula is C16H16N4O3. The second-order valence-electron chi connectivity index (χ2n) is 5.39. The first-order valence-corrected chi connectivity index (χ1v) is 7.01. The van der Waals surface area contributed by atoms with E-state index in [1.807, 2.05) is 31.2 Å². The van der Waals surface area contributed by atoms with Crippen molar-refractivity contribution in [3.05, 3.63) is 58.4 Å². The van der Waals surface area contributed by atoms with Crippen molar-refractivity contribution >= 4 is 5.97 Å². The van der Waals surface area contributed by atoms with Crippen LogP contribution in [0, 0.1) is 6.92 Å². The Morgan fingerprint density at radius 1 is 1.22 bits per heavy atom. The zero-order valence-electron chi connectivity index (χ0n) is 13.0. The van der Waals surface area contributed by atoms with Gasteiger partial charge in [-0.3, -0.25) is 9.25 Å². The van der Waals surface area contributed by atoms with Gasteiger partial charge in [0.1, 0.15) is 0 Å². The minimum absolute atomic E-state index is 0.0130. The predicted octanol–water partition coefficient (Wildman–Crippen LogP) is 1.58. The molecule has 2 aromatic heterocycles. The second kappa shape index (κ2) is 5.28. The molecule has 0 aliphatic heterocycles. The van der Waals surface area contributed by atoms with E-state index >= 15 is 0 Å². The molecule has 0 unspecified atom stereocenters. The SMILES string of the molecule is Cc1cn(C)c(=O)n1-c1cccc(-c2cc(C(=O)O)nn2C)c1. The molecule has 1 aromatic carbocycles. The second-order valence-corrected chi connectivity index (χ2v) is 5.39. The summed E-state index contributed by atoms with van der Waals surface area (Å²) in [6, 6.07) is 8.89. The van der Waals surface area contributed by atoms with E-state index in [1.54, 1.807) is 24.9 Å². The molecule has 3 rings (SSSR count). The van der Waals surface area contributed by atoms with Crippen molar-refractivity contribution < 1.29 is 9.90 Å². The Kier molecular flexibility index (Phi) is 3.40. The third kappa shape index (κ3) is 2.46. The summed E-state index contributed by atoms with van der Waals surface area (Å²) >= 11 is 0. The first-order chi connectivity index (χ1) is 10.9. The number of carboxylic acid groups (broad SMARTS) is 1. The maximum atomic E-state index is 12.2. The fourth-order valence-electron chi connectivity index (χ4n) is 2.66. The highest BCUT2D eigenvalue weighted by Crippen LogP contribution is 2.23. The van der Waals surface area contributed by atoms with Gasteiger partial charge in [0.05, 0.1) is 11.4 Å². The smallest absolute Gasteiger partial charge is 0.356 e. The lowest BCUT2D eigenvalue weighted by molar-refractivity contribution is 0.0689. The maximum Gasteiger partial charge on any atom is 0.356 e. The van der Waals surface area contributed by atoms with Crippen LogP contribution in [0.3, 0.4) is 0 Å². The quantitative estimate of drug-likeness (QED) is 0.796. The summed E-state index contributed by atoms with van der Waals surface area (Å²) in [5, 5.41) is 13.0. The molecule has 118 valence electrons. The van der Waals surface area contributed by atoms with Crippen LogP contribution in [0.4, 0.5) is 0 Å². The fraction of sp³-hybridized carbons (Fsp3) is 0.188. The van der Waals surface area contributed by atoms with Gasteiger partial charge in [-0.1, -0.05) is 12.1 Å². The van der Waals surface area contributed by atoms with E-state index in [0.29, 0.717) is 5.69 Å². The molecule has 0 radical (unpaired) electrons. The van der Waals surface area contributed by atoms with Gasteiger partial charge in [-0.05, 0) is 25.1 Å². The molecule has 0 amide bonds. The Labute approximate surface area is 132 Å². The van der Waals surface area contributed by atoms with E-state index in [-0.39, 0.29) is 11.4 Å². The minimum atomic E-state index is -1.07. The Morgan fingerprint density at radius 3 is 2.52 bits per heavy atom. The van der Waals surface area contributed by atoms with Crippen molar-refractivity contribution in [1.29, 1.82) is 0 Å². The number of carbonyl (C=O) groups is 1. The molecule has 0 saturated heterocycles. The number of hydrogen-bond acceptors (Lipinski definition) is 3. The minimum Gasteiger partial charge on any atom is -0.476 e. The summed E-state index contributed by atoms with van der Waals surface area (Å²) in [6.07, 6.45) is 1.77. The van der Waals surface area contributed by atoms with Gasteiger partial charge in [0.2, 0.25) is 0 Å². The van der Waals surface area contributed by atoms with Crippen molar-refractivity contribution in [2.75, 3.05) is 0 Å². The largest absolute Gasteiger partial charge is 0.476 e. The van der Waals surface area contributed by atoms with Crippen LogP contribution in [0.15, 0.2) is 41.3 Å². The maximum absolute atomic E-state index is 12.2. The van der Waals surface area contributed by atoms with Gasteiger partial charge in [-0.15, -0.1) is 0 Å². The Bertz CT molecular complexity index is 962. The molecule has 0 atom stereocenters. The molecule has 2 heterocycles. The van der Waals surface area contributed by atoms with E-state index in [9.17, 15) is 9.59 Å². The van der Waals surface area contributed by atoms with Gasteiger partial charge >= 0.3 is 11.7 Å². The first-order valence-electron chi connectivity index (χ1n) is 7.01. The van der Waals surface area contributed by atoms with Crippen molar-refractivity contribution in [1.82, 2.24) is 18.9 Å². The number of carboxylic acids is 1. The molecule has 0 aliphatic rings. The van der Waals surface area contributed by atoms with Gasteiger partial charge in [0.25, 0.3) is 0 Å². The zero-order chi connectivity index (χ0) is 16.7. The number of aromatic carboxylic acids is 1. The van der Waals surface area contributed by atoms with Crippen LogP contribution in [0.1, 0.15) is 16.2 Å². The third-order valence-electron chi connectivity index (χ3n) is 3.73. The molecule has 7 heteroatoms. The van der Waals surface area contributed by atoms with Crippen molar-refractivity contribution in [3.8, 4) is 16.9 Å². The van der Waals surface area contributed by atoms with Crippen LogP contribution in [-0.4, -0.2) is 30.0 Å². The lowest BCUT2D eigenvalue weighted by Crippen LogP contribution is -2.21. The number of benzene rings is 1. The summed E-state index contributed by atoms with van der Waals surface area (Å²) in [5.74, 6) is -1.07. The number of rotatable bonds is 3. The van der Waals surface area contributed by atoms with Gasteiger partial charge in [-0.25, -0.2) is 9.59 Å². The van der Waals surface area contributed by atoms with E-state index in [2.05, 4.69) is 5.10 Å². The Morgan fingerprint density at radius 2 is 1.96 bits per heavy atom. The number of aryl methyl sites for hydroxylation is 3. The van der Waals surface area contributed by atoms with Crippen molar-refractivity contribution in [2.45, 2.75) is 6.92 Å². The average Bonchev–Trinajstić information content (AvgIpc) is 3.00. The van der Waals surface area contributed by atoms with Crippen LogP contribution in [0.2, 0.25) is 0 Å². The molecule has 0 aliphatic carbocycles. The monoisotopic (exact) mass is 312 g/mol. The molecule has 3 aromatic rings. The number of nitrogens with zero attached hydrogens (tertiary/aromatic N) is 4. The Balaban J connectivity index is 2.14. The summed E-state index contributed by atoms with van der Waals surface area (Å²) in [7, 11) is 3.39. The van der Waals surface area contributed by atoms with Crippen LogP contribution in [-0.2, 0) is 14.1 Å². The van der Waals surface area contributed by atoms with Crippen molar-refractivity contribution in [3.63, 3.8) is 0 Å². The summed E-state index contributed by atoms with van der Waals surface area (Å²) in [4.78, 5) is 23.3. The molecule has 0 spiro atoms. The molecular weight excluding hydrogens is 296 g/mol. The molecule has 0 saturated carbocycles. The molecule has 1 N–H and O–H groups in total. The molecule has 23 heavy (non-hydrogen) atoms. The molecule has 7 nitrogen and oxygen atoms in total. The highest BCUT2D eigenvalue weighted by Gasteiger charge is 2.14. The number of imidazole rings is 1. The van der Waals surface area contributed by atoms with Crippen LogP contribution < -0.4 is 5.69 Å².